The zero-order valence-electron chi connectivity index (χ0n) is 32.0. The van der Waals surface area contributed by atoms with Crippen molar-refractivity contribution in [3.8, 4) is 46.8 Å². The fourth-order valence-electron chi connectivity index (χ4n) is 5.15. The van der Waals surface area contributed by atoms with E-state index in [1.165, 1.54) is 28.1 Å². The highest BCUT2D eigenvalue weighted by molar-refractivity contribution is 9.12. The molecule has 0 spiro atoms. The van der Waals surface area contributed by atoms with Gasteiger partial charge in [-0.15, -0.1) is 12.3 Å². The molecule has 6 unspecified atom stereocenters. The summed E-state index contributed by atoms with van der Waals surface area (Å²) in [6, 6.07) is 14.8. The maximum Gasteiger partial charge on any atom is 0.326 e. The van der Waals surface area contributed by atoms with Gasteiger partial charge in [0.25, 0.3) is 0 Å². The molecule has 2 aromatic rings. The van der Waals surface area contributed by atoms with Crippen LogP contribution in [-0.2, 0) is 51.6 Å². The van der Waals surface area contributed by atoms with Crippen LogP contribution in [0.25, 0.3) is 0 Å². The quantitative estimate of drug-likeness (QED) is 0.235. The van der Waals surface area contributed by atoms with E-state index in [9.17, 15) is 26.4 Å². The van der Waals surface area contributed by atoms with E-state index in [1.54, 1.807) is 0 Å². The smallest absolute Gasteiger partial charge is 0.326 e. The SMILES string of the molecule is C#CC1CC1CO.COC(=O)C(C)(CCc1ccc(C#CBr)cc1)S(C)(=O)=O.COC(=O)C(C)(CCc1ccc(C#CC#CC2CC2CO)cc1)S(C)(=O)=O. The average Bonchev–Trinajstić information content (AvgIpc) is 4.10. The van der Waals surface area contributed by atoms with Gasteiger partial charge < -0.3 is 19.7 Å². The number of benzene rings is 2. The molecule has 6 atom stereocenters. The summed E-state index contributed by atoms with van der Waals surface area (Å²) in [4.78, 5) is 26.4. The number of aliphatic hydroxyl groups excluding tert-OH is 2. The number of terminal acetylenes is 1. The van der Waals surface area contributed by atoms with E-state index in [0.717, 1.165) is 47.6 Å². The van der Waals surface area contributed by atoms with E-state index < -0.39 is 41.1 Å². The third-order valence-electron chi connectivity index (χ3n) is 9.81. The van der Waals surface area contributed by atoms with Crippen LogP contribution in [0.15, 0.2) is 48.5 Å². The minimum absolute atomic E-state index is 0.141. The molecule has 2 N–H and O–H groups in total. The molecule has 0 heterocycles. The Morgan fingerprint density at radius 2 is 1.15 bits per heavy atom. The van der Waals surface area contributed by atoms with Gasteiger partial charge in [-0.1, -0.05) is 42.0 Å². The lowest BCUT2D eigenvalue weighted by atomic mass is 9.99. The molecule has 2 fully saturated rings. The first kappa shape index (κ1) is 47.1. The summed E-state index contributed by atoms with van der Waals surface area (Å²) in [5, 5.41) is 17.4. The summed E-state index contributed by atoms with van der Waals surface area (Å²) in [6.07, 6.45) is 10.3. The number of carbonyl (C=O) groups excluding carboxylic acids is 2. The Labute approximate surface area is 335 Å². The van der Waals surface area contributed by atoms with Crippen molar-refractivity contribution in [3.05, 3.63) is 70.8 Å². The number of aliphatic hydroxyl groups is 2. The normalized spacial score (nSPS) is 19.9. The topological polar surface area (TPSA) is 161 Å². The minimum atomic E-state index is -3.60. The van der Waals surface area contributed by atoms with Crippen molar-refractivity contribution in [2.45, 2.75) is 61.9 Å². The van der Waals surface area contributed by atoms with Gasteiger partial charge in [0.2, 0.25) is 0 Å². The van der Waals surface area contributed by atoms with Gasteiger partial charge in [0.05, 0.1) is 14.2 Å². The molecule has 10 nitrogen and oxygen atoms in total. The van der Waals surface area contributed by atoms with Crippen LogP contribution >= 0.6 is 15.9 Å². The Balaban J connectivity index is 0.000000329. The summed E-state index contributed by atoms with van der Waals surface area (Å²) in [6.45, 7) is 3.25. The number of sulfone groups is 2. The van der Waals surface area contributed by atoms with Crippen LogP contribution in [0.3, 0.4) is 0 Å². The van der Waals surface area contributed by atoms with Gasteiger partial charge in [0.1, 0.15) is 0 Å². The number of hydrogen-bond acceptors (Lipinski definition) is 10. The third-order valence-corrected chi connectivity index (χ3v) is 14.0. The van der Waals surface area contributed by atoms with Crippen LogP contribution < -0.4 is 0 Å². The Morgan fingerprint density at radius 1 is 0.745 bits per heavy atom. The molecule has 0 saturated heterocycles. The van der Waals surface area contributed by atoms with E-state index in [0.29, 0.717) is 30.6 Å². The highest BCUT2D eigenvalue weighted by Gasteiger charge is 2.45. The van der Waals surface area contributed by atoms with Gasteiger partial charge in [0, 0.05) is 64.6 Å². The van der Waals surface area contributed by atoms with Crippen molar-refractivity contribution in [1.29, 1.82) is 0 Å². The van der Waals surface area contributed by atoms with E-state index in [-0.39, 0.29) is 32.0 Å². The minimum Gasteiger partial charge on any atom is -0.468 e. The second-order valence-corrected chi connectivity index (χ2v) is 19.1. The van der Waals surface area contributed by atoms with Gasteiger partial charge in [-0.2, -0.15) is 0 Å². The monoisotopic (exact) mass is 856 g/mol. The molecule has 296 valence electrons. The number of aryl methyl sites for hydroxylation is 2. The molecule has 2 saturated carbocycles. The molecule has 0 bridgehead atoms. The summed E-state index contributed by atoms with van der Waals surface area (Å²) >= 11 is 3.03. The van der Waals surface area contributed by atoms with Crippen LogP contribution in [0.1, 0.15) is 61.8 Å². The number of ether oxygens (including phenoxy) is 2. The van der Waals surface area contributed by atoms with Crippen LogP contribution in [0.2, 0.25) is 0 Å². The summed E-state index contributed by atoms with van der Waals surface area (Å²) < 4.78 is 54.0. The highest BCUT2D eigenvalue weighted by atomic mass is 79.9. The number of halogens is 1. The number of hydrogen-bond donors (Lipinski definition) is 2. The molecule has 4 rings (SSSR count). The summed E-state index contributed by atoms with van der Waals surface area (Å²) in [7, 11) is -4.79. The number of carbonyl (C=O) groups is 2. The number of rotatable bonds is 12. The van der Waals surface area contributed by atoms with Crippen molar-refractivity contribution in [2.75, 3.05) is 39.9 Å². The molecular weight excluding hydrogens is 808 g/mol. The Morgan fingerprint density at radius 3 is 1.45 bits per heavy atom. The molecular formula is C42H49BrO10S2. The van der Waals surface area contributed by atoms with Gasteiger partial charge in [-0.25, -0.2) is 16.8 Å². The second kappa shape index (κ2) is 21.3. The molecule has 0 radical (unpaired) electrons. The van der Waals surface area contributed by atoms with Crippen molar-refractivity contribution in [3.63, 3.8) is 0 Å². The Kier molecular flexibility index (Phi) is 18.2. The van der Waals surface area contributed by atoms with E-state index in [2.05, 4.69) is 65.8 Å². The van der Waals surface area contributed by atoms with Crippen molar-refractivity contribution in [1.82, 2.24) is 0 Å². The first-order valence-corrected chi connectivity index (χ1v) is 22.0. The molecule has 55 heavy (non-hydrogen) atoms. The predicted molar refractivity (Wildman–Crippen MR) is 217 cm³/mol. The van der Waals surface area contributed by atoms with Gasteiger partial charge in [-0.05, 0) is 116 Å². The lowest BCUT2D eigenvalue weighted by molar-refractivity contribution is -0.144. The zero-order chi connectivity index (χ0) is 41.5. The molecule has 13 heteroatoms. The first-order valence-electron chi connectivity index (χ1n) is 17.4. The fraction of sp³-hybridized carbons (Fsp3) is 0.476. The summed E-state index contributed by atoms with van der Waals surface area (Å²) in [5.41, 5.74) is 3.51. The van der Waals surface area contributed by atoms with Gasteiger partial charge in [-0.3, -0.25) is 9.59 Å². The first-order chi connectivity index (χ1) is 25.8. The van der Waals surface area contributed by atoms with Crippen molar-refractivity contribution < 1.29 is 46.1 Å². The second-order valence-electron chi connectivity index (χ2n) is 13.9. The van der Waals surface area contributed by atoms with Crippen molar-refractivity contribution in [2.24, 2.45) is 23.7 Å². The largest absolute Gasteiger partial charge is 0.468 e. The molecule has 2 aliphatic carbocycles. The standard InChI is InChI=1S/C21H24O5S.C15H17BrO4S.C6H8O/c1-21(20(23)26-2,27(3,24)25)13-12-17-10-8-16(9-11-17)6-4-5-7-18-14-19(18)15-22;1-15(14(17)20-2,21(3,18)19)10-8-12-4-6-13(7-5-12)9-11-16;1-2-5-3-6(5)4-7/h8-11,18-19,22H,12-15H2,1-3H3;4-7H,8,10H2,1-3H3;1,5-7H,3-4H2. The third kappa shape index (κ3) is 14.2. The van der Waals surface area contributed by atoms with Gasteiger partial charge >= 0.3 is 11.9 Å². The lowest BCUT2D eigenvalue weighted by Crippen LogP contribution is -2.44. The highest BCUT2D eigenvalue weighted by Crippen LogP contribution is 2.37. The molecule has 0 aromatic heterocycles. The molecule has 2 aliphatic rings. The van der Waals surface area contributed by atoms with Crippen LogP contribution in [0, 0.1) is 70.4 Å². The molecule has 0 aliphatic heterocycles. The van der Waals surface area contributed by atoms with Crippen molar-refractivity contribution >= 4 is 47.5 Å². The van der Waals surface area contributed by atoms with Crippen LogP contribution in [0.5, 0.6) is 0 Å². The zero-order valence-corrected chi connectivity index (χ0v) is 35.2. The Bertz CT molecular complexity index is 2090. The lowest BCUT2D eigenvalue weighted by Gasteiger charge is -2.24. The predicted octanol–water partition coefficient (Wildman–Crippen LogP) is 4.13. The molecule has 0 amide bonds. The number of methoxy groups -OCH3 is 2. The van der Waals surface area contributed by atoms with E-state index in [4.69, 9.17) is 16.6 Å². The van der Waals surface area contributed by atoms with E-state index in [1.807, 2.05) is 48.5 Å². The Hall–Kier alpha value is -4.08. The summed E-state index contributed by atoms with van der Waals surface area (Å²) in [5.74, 6) is 17.0. The maximum absolute atomic E-state index is 12.0. The number of esters is 2. The molecule has 2 aromatic carbocycles. The van der Waals surface area contributed by atoms with E-state index >= 15 is 0 Å². The average molecular weight is 858 g/mol. The fourth-order valence-corrected chi connectivity index (χ4v) is 7.10. The maximum atomic E-state index is 12.0. The van der Waals surface area contributed by atoms with Crippen LogP contribution in [0.4, 0.5) is 0 Å². The van der Waals surface area contributed by atoms with Gasteiger partial charge in [0.15, 0.2) is 29.2 Å². The van der Waals surface area contributed by atoms with Crippen LogP contribution in [-0.4, -0.2) is 88.4 Å².